The van der Waals surface area contributed by atoms with Crippen molar-refractivity contribution in [3.05, 3.63) is 35.4 Å². The summed E-state index contributed by atoms with van der Waals surface area (Å²) in [4.78, 5) is 0. The van der Waals surface area contributed by atoms with Crippen molar-refractivity contribution < 1.29 is 17.9 Å². The maximum Gasteiger partial charge on any atom is 0.416 e. The van der Waals surface area contributed by atoms with Crippen LogP contribution in [0.2, 0.25) is 0 Å². The Hall–Kier alpha value is -1.07. The Bertz CT molecular complexity index is 437. The van der Waals surface area contributed by atoms with Crippen LogP contribution in [0.25, 0.3) is 0 Å². The molecule has 1 aliphatic rings. The smallest absolute Gasteiger partial charge is 0.371 e. The molecule has 2 atom stereocenters. The Morgan fingerprint density at radius 2 is 2.00 bits per heavy atom. The van der Waals surface area contributed by atoms with Crippen LogP contribution in [-0.2, 0) is 10.9 Å². The van der Waals surface area contributed by atoms with Crippen molar-refractivity contribution in [2.45, 2.75) is 38.6 Å². The summed E-state index contributed by atoms with van der Waals surface area (Å²) in [5, 5.41) is 3.29. The van der Waals surface area contributed by atoms with Gasteiger partial charge in [-0.15, -0.1) is 0 Å². The molecular weight excluding hydrogens is 267 g/mol. The average Bonchev–Trinajstić information content (AvgIpc) is 2.38. The van der Waals surface area contributed by atoms with Crippen LogP contribution in [0.5, 0.6) is 0 Å². The average molecular weight is 287 g/mol. The predicted molar refractivity (Wildman–Crippen MR) is 71.4 cm³/mol. The molecule has 0 bridgehead atoms. The lowest BCUT2D eigenvalue weighted by atomic mass is 9.98. The summed E-state index contributed by atoms with van der Waals surface area (Å²) in [6.07, 6.45) is -3.90. The first-order valence-electron chi connectivity index (χ1n) is 6.89. The first-order valence-corrected chi connectivity index (χ1v) is 6.89. The van der Waals surface area contributed by atoms with E-state index in [0.717, 1.165) is 12.5 Å². The van der Waals surface area contributed by atoms with E-state index in [9.17, 15) is 13.2 Å². The van der Waals surface area contributed by atoms with E-state index in [0.29, 0.717) is 19.1 Å². The van der Waals surface area contributed by atoms with Crippen molar-refractivity contribution in [1.82, 2.24) is 5.32 Å². The van der Waals surface area contributed by atoms with E-state index in [-0.39, 0.29) is 11.6 Å². The van der Waals surface area contributed by atoms with Gasteiger partial charge >= 0.3 is 6.18 Å². The number of hydrogen-bond donors (Lipinski definition) is 1. The molecule has 1 fully saturated rings. The van der Waals surface area contributed by atoms with Gasteiger partial charge in [0, 0.05) is 12.6 Å². The fraction of sp³-hybridized carbons (Fsp3) is 0.600. The number of ether oxygens (including phenoxy) is 1. The minimum absolute atomic E-state index is 0.218. The number of nitrogens with one attached hydrogen (secondary N) is 1. The first kappa shape index (κ1) is 15.3. The molecule has 1 heterocycles. The molecule has 2 nitrogen and oxygen atoms in total. The van der Waals surface area contributed by atoms with Gasteiger partial charge in [-0.1, -0.05) is 32.0 Å². The third-order valence-electron chi connectivity index (χ3n) is 3.46. The number of benzene rings is 1. The molecule has 5 heteroatoms. The zero-order valence-electron chi connectivity index (χ0n) is 11.7. The normalized spacial score (nSPS) is 24.1. The molecule has 0 aliphatic carbocycles. The number of morpholine rings is 1. The number of alkyl halides is 3. The van der Waals surface area contributed by atoms with E-state index in [1.807, 2.05) is 0 Å². The predicted octanol–water partition coefficient (Wildman–Crippen LogP) is 3.78. The van der Waals surface area contributed by atoms with E-state index in [1.54, 1.807) is 6.07 Å². The monoisotopic (exact) mass is 287 g/mol. The van der Waals surface area contributed by atoms with Gasteiger partial charge in [-0.3, -0.25) is 0 Å². The van der Waals surface area contributed by atoms with Crippen LogP contribution in [0.15, 0.2) is 24.3 Å². The molecule has 2 rings (SSSR count). The molecule has 112 valence electrons. The van der Waals surface area contributed by atoms with Gasteiger partial charge < -0.3 is 10.1 Å². The Labute approximate surface area is 117 Å². The largest absolute Gasteiger partial charge is 0.416 e. The van der Waals surface area contributed by atoms with Gasteiger partial charge in [-0.25, -0.2) is 0 Å². The molecule has 0 amide bonds. The van der Waals surface area contributed by atoms with Gasteiger partial charge in [0.25, 0.3) is 0 Å². The second kappa shape index (κ2) is 6.14. The van der Waals surface area contributed by atoms with E-state index >= 15 is 0 Å². The third-order valence-corrected chi connectivity index (χ3v) is 3.46. The molecule has 0 saturated carbocycles. The zero-order valence-corrected chi connectivity index (χ0v) is 11.7. The summed E-state index contributed by atoms with van der Waals surface area (Å²) >= 11 is 0. The maximum absolute atomic E-state index is 13.0. The van der Waals surface area contributed by atoms with E-state index in [4.69, 9.17) is 4.74 Å². The van der Waals surface area contributed by atoms with Gasteiger partial charge in [-0.2, -0.15) is 13.2 Å². The summed E-state index contributed by atoms with van der Waals surface area (Å²) in [7, 11) is 0. The Morgan fingerprint density at radius 1 is 1.30 bits per heavy atom. The van der Waals surface area contributed by atoms with Crippen molar-refractivity contribution >= 4 is 0 Å². The summed E-state index contributed by atoms with van der Waals surface area (Å²) in [5.74, 6) is 0.537. The van der Waals surface area contributed by atoms with Gasteiger partial charge in [0.1, 0.15) is 0 Å². The molecule has 1 aromatic carbocycles. The van der Waals surface area contributed by atoms with Crippen LogP contribution in [0.3, 0.4) is 0 Å². The highest BCUT2D eigenvalue weighted by atomic mass is 19.4. The van der Waals surface area contributed by atoms with Crippen LogP contribution in [0.1, 0.15) is 37.5 Å². The van der Waals surface area contributed by atoms with E-state index in [1.165, 1.54) is 12.1 Å². The van der Waals surface area contributed by atoms with Crippen molar-refractivity contribution in [3.63, 3.8) is 0 Å². The van der Waals surface area contributed by atoms with E-state index in [2.05, 4.69) is 19.2 Å². The van der Waals surface area contributed by atoms with Gasteiger partial charge in [-0.05, 0) is 24.0 Å². The summed E-state index contributed by atoms with van der Waals surface area (Å²) < 4.78 is 44.6. The minimum atomic E-state index is -4.34. The fourth-order valence-electron chi connectivity index (χ4n) is 2.58. The van der Waals surface area contributed by atoms with Crippen molar-refractivity contribution in [1.29, 1.82) is 0 Å². The lowest BCUT2D eigenvalue weighted by Crippen LogP contribution is -2.43. The molecule has 0 radical (unpaired) electrons. The van der Waals surface area contributed by atoms with Crippen LogP contribution < -0.4 is 5.32 Å². The molecule has 0 aromatic heterocycles. The standard InChI is InChI=1S/C15H20F3NO/c1-10(2)7-11-9-20-14(8-19-11)12-5-3-4-6-13(12)15(16,17)18/h3-6,10-11,14,19H,7-9H2,1-2H3. The van der Waals surface area contributed by atoms with Crippen molar-refractivity contribution in [2.24, 2.45) is 5.92 Å². The SMILES string of the molecule is CC(C)CC1COC(c2ccccc2C(F)(F)F)CN1. The lowest BCUT2D eigenvalue weighted by molar-refractivity contribution is -0.140. The highest BCUT2D eigenvalue weighted by Gasteiger charge is 2.36. The molecule has 20 heavy (non-hydrogen) atoms. The highest BCUT2D eigenvalue weighted by Crippen LogP contribution is 2.36. The number of rotatable bonds is 3. The Kier molecular flexibility index (Phi) is 4.70. The molecule has 1 saturated heterocycles. The maximum atomic E-state index is 13.0. The Balaban J connectivity index is 2.08. The molecule has 2 unspecified atom stereocenters. The number of hydrogen-bond acceptors (Lipinski definition) is 2. The minimum Gasteiger partial charge on any atom is -0.371 e. The topological polar surface area (TPSA) is 21.3 Å². The molecule has 1 aromatic rings. The van der Waals surface area contributed by atoms with Gasteiger partial charge in [0.05, 0.1) is 18.3 Å². The summed E-state index contributed by atoms with van der Waals surface area (Å²) in [6.45, 7) is 5.11. The van der Waals surface area contributed by atoms with Crippen LogP contribution >= 0.6 is 0 Å². The molecule has 0 spiro atoms. The van der Waals surface area contributed by atoms with Gasteiger partial charge in [0.15, 0.2) is 0 Å². The second-order valence-corrected chi connectivity index (χ2v) is 5.64. The molecule has 1 N–H and O–H groups in total. The summed E-state index contributed by atoms with van der Waals surface area (Å²) in [5.41, 5.74) is -0.385. The van der Waals surface area contributed by atoms with Crippen LogP contribution in [-0.4, -0.2) is 19.2 Å². The van der Waals surface area contributed by atoms with Gasteiger partial charge in [0.2, 0.25) is 0 Å². The first-order chi connectivity index (χ1) is 9.38. The number of halogens is 3. The van der Waals surface area contributed by atoms with Crippen LogP contribution in [0, 0.1) is 5.92 Å². The van der Waals surface area contributed by atoms with Crippen molar-refractivity contribution in [2.75, 3.05) is 13.2 Å². The van der Waals surface area contributed by atoms with Crippen LogP contribution in [0.4, 0.5) is 13.2 Å². The highest BCUT2D eigenvalue weighted by molar-refractivity contribution is 5.32. The summed E-state index contributed by atoms with van der Waals surface area (Å²) in [6, 6.07) is 5.86. The second-order valence-electron chi connectivity index (χ2n) is 5.64. The third kappa shape index (κ3) is 3.73. The Morgan fingerprint density at radius 3 is 2.55 bits per heavy atom. The zero-order chi connectivity index (χ0) is 14.8. The van der Waals surface area contributed by atoms with Crippen molar-refractivity contribution in [3.8, 4) is 0 Å². The lowest BCUT2D eigenvalue weighted by Gasteiger charge is -2.32. The molecule has 1 aliphatic heterocycles. The fourth-order valence-corrected chi connectivity index (χ4v) is 2.58. The van der Waals surface area contributed by atoms with E-state index < -0.39 is 17.8 Å². The quantitative estimate of drug-likeness (QED) is 0.913. The molecular formula is C15H20F3NO.